The fraction of sp³-hybridized carbons (Fsp3) is 0.417. The minimum Gasteiger partial charge on any atom is -0.491 e. The van der Waals surface area contributed by atoms with Gasteiger partial charge in [0.05, 0.1) is 18.1 Å². The fourth-order valence-electron chi connectivity index (χ4n) is 1.22. The number of para-hydroxylation sites is 1. The van der Waals surface area contributed by atoms with Gasteiger partial charge in [0.25, 0.3) is 0 Å². The third kappa shape index (κ3) is 5.06. The minimum atomic E-state index is -0.0741. The number of halogens is 1. The molecule has 1 atom stereocenters. The zero-order chi connectivity index (χ0) is 12.7. The molecule has 0 aliphatic rings. The maximum Gasteiger partial charge on any atom is 0.223 e. The summed E-state index contributed by atoms with van der Waals surface area (Å²) in [6.07, 6.45) is 0.287. The summed E-state index contributed by atoms with van der Waals surface area (Å²) in [4.78, 5) is 11.4. The van der Waals surface area contributed by atoms with Crippen molar-refractivity contribution < 1.29 is 9.53 Å². The standard InChI is InChI=1S/C12H17ClN2O2/c1-9(8-14)15-12(16)6-7-17-11-5-3-2-4-10(11)13/h2-5,9H,6-8,14H2,1H3,(H,15,16). The van der Waals surface area contributed by atoms with E-state index >= 15 is 0 Å². The van der Waals surface area contributed by atoms with Gasteiger partial charge in [0.2, 0.25) is 5.91 Å². The summed E-state index contributed by atoms with van der Waals surface area (Å²) in [6, 6.07) is 7.15. The Labute approximate surface area is 106 Å². The topological polar surface area (TPSA) is 64.3 Å². The van der Waals surface area contributed by atoms with Crippen molar-refractivity contribution in [2.75, 3.05) is 13.2 Å². The van der Waals surface area contributed by atoms with Crippen molar-refractivity contribution in [2.24, 2.45) is 5.73 Å². The van der Waals surface area contributed by atoms with Crippen LogP contribution in [0.3, 0.4) is 0 Å². The molecule has 94 valence electrons. The maximum atomic E-state index is 11.4. The molecule has 0 saturated carbocycles. The molecule has 3 N–H and O–H groups in total. The molecule has 0 bridgehead atoms. The van der Waals surface area contributed by atoms with Crippen LogP contribution in [0.2, 0.25) is 5.02 Å². The summed E-state index contributed by atoms with van der Waals surface area (Å²) in [5, 5.41) is 3.30. The van der Waals surface area contributed by atoms with Gasteiger partial charge in [-0.25, -0.2) is 0 Å². The Kier molecular flexibility index (Phi) is 5.80. The number of carbonyl (C=O) groups excluding carboxylic acids is 1. The van der Waals surface area contributed by atoms with Crippen LogP contribution < -0.4 is 15.8 Å². The first-order chi connectivity index (χ1) is 8.13. The Hall–Kier alpha value is -1.26. The van der Waals surface area contributed by atoms with E-state index in [4.69, 9.17) is 22.1 Å². The molecule has 0 aliphatic carbocycles. The predicted molar refractivity (Wildman–Crippen MR) is 68.2 cm³/mol. The highest BCUT2D eigenvalue weighted by atomic mass is 35.5. The minimum absolute atomic E-state index is 0.0113. The average molecular weight is 257 g/mol. The third-order valence-electron chi connectivity index (χ3n) is 2.18. The molecule has 0 radical (unpaired) electrons. The van der Waals surface area contributed by atoms with Crippen molar-refractivity contribution >= 4 is 17.5 Å². The number of hydrogen-bond acceptors (Lipinski definition) is 3. The van der Waals surface area contributed by atoms with Crippen LogP contribution in [0, 0.1) is 0 Å². The van der Waals surface area contributed by atoms with Gasteiger partial charge in [-0.2, -0.15) is 0 Å². The number of nitrogens with two attached hydrogens (primary N) is 1. The van der Waals surface area contributed by atoms with Crippen molar-refractivity contribution in [3.63, 3.8) is 0 Å². The summed E-state index contributed by atoms with van der Waals surface area (Å²) in [6.45, 7) is 2.58. The molecular weight excluding hydrogens is 240 g/mol. The lowest BCUT2D eigenvalue weighted by molar-refractivity contribution is -0.122. The molecule has 0 aliphatic heterocycles. The number of rotatable bonds is 6. The molecule has 1 unspecified atom stereocenters. The van der Waals surface area contributed by atoms with Gasteiger partial charge in [0, 0.05) is 12.6 Å². The molecule has 1 aromatic carbocycles. The predicted octanol–water partition coefficient (Wildman–Crippen LogP) is 1.57. The molecule has 0 aromatic heterocycles. The monoisotopic (exact) mass is 256 g/mol. The first-order valence-electron chi connectivity index (χ1n) is 5.50. The first kappa shape index (κ1) is 13.8. The van der Waals surface area contributed by atoms with E-state index in [1.54, 1.807) is 12.1 Å². The number of carbonyl (C=O) groups is 1. The number of hydrogen-bond donors (Lipinski definition) is 2. The third-order valence-corrected chi connectivity index (χ3v) is 2.50. The second kappa shape index (κ2) is 7.14. The van der Waals surface area contributed by atoms with Crippen molar-refractivity contribution in [3.05, 3.63) is 29.3 Å². The lowest BCUT2D eigenvalue weighted by Gasteiger charge is -2.12. The maximum absolute atomic E-state index is 11.4. The molecular formula is C12H17ClN2O2. The van der Waals surface area contributed by atoms with E-state index in [9.17, 15) is 4.79 Å². The van der Waals surface area contributed by atoms with E-state index in [1.807, 2.05) is 19.1 Å². The van der Waals surface area contributed by atoms with Crippen molar-refractivity contribution in [1.29, 1.82) is 0 Å². The van der Waals surface area contributed by atoms with Crippen LogP contribution in [-0.2, 0) is 4.79 Å². The van der Waals surface area contributed by atoms with Gasteiger partial charge in [-0.1, -0.05) is 23.7 Å². The second-order valence-electron chi connectivity index (χ2n) is 3.73. The summed E-state index contributed by atoms with van der Waals surface area (Å²) in [5.41, 5.74) is 5.40. The quantitative estimate of drug-likeness (QED) is 0.812. The van der Waals surface area contributed by atoms with E-state index in [1.165, 1.54) is 0 Å². The van der Waals surface area contributed by atoms with Gasteiger partial charge in [-0.05, 0) is 19.1 Å². The highest BCUT2D eigenvalue weighted by Gasteiger charge is 2.06. The van der Waals surface area contributed by atoms with Crippen LogP contribution >= 0.6 is 11.6 Å². The highest BCUT2D eigenvalue weighted by Crippen LogP contribution is 2.22. The second-order valence-corrected chi connectivity index (χ2v) is 4.14. The van der Waals surface area contributed by atoms with Gasteiger partial charge < -0.3 is 15.8 Å². The van der Waals surface area contributed by atoms with E-state index in [2.05, 4.69) is 5.32 Å². The summed E-state index contributed by atoms with van der Waals surface area (Å²) >= 11 is 5.90. The van der Waals surface area contributed by atoms with Crippen LogP contribution in [0.5, 0.6) is 5.75 Å². The van der Waals surface area contributed by atoms with Gasteiger partial charge in [-0.3, -0.25) is 4.79 Å². The van der Waals surface area contributed by atoms with E-state index in [-0.39, 0.29) is 18.4 Å². The van der Waals surface area contributed by atoms with Crippen LogP contribution in [0.15, 0.2) is 24.3 Å². The summed E-state index contributed by atoms with van der Waals surface area (Å²) < 4.78 is 5.40. The largest absolute Gasteiger partial charge is 0.491 e. The van der Waals surface area contributed by atoms with Gasteiger partial charge in [0.1, 0.15) is 5.75 Å². The Morgan fingerprint density at radius 3 is 2.88 bits per heavy atom. The number of amides is 1. The van der Waals surface area contributed by atoms with Gasteiger partial charge >= 0.3 is 0 Å². The number of nitrogens with one attached hydrogen (secondary N) is 1. The SMILES string of the molecule is CC(CN)NC(=O)CCOc1ccccc1Cl. The molecule has 1 aromatic rings. The Balaban J connectivity index is 2.29. The van der Waals surface area contributed by atoms with Crippen molar-refractivity contribution in [3.8, 4) is 5.75 Å². The molecule has 0 saturated heterocycles. The average Bonchev–Trinajstić information content (AvgIpc) is 2.31. The lowest BCUT2D eigenvalue weighted by atomic mass is 10.3. The van der Waals surface area contributed by atoms with Crippen molar-refractivity contribution in [2.45, 2.75) is 19.4 Å². The first-order valence-corrected chi connectivity index (χ1v) is 5.88. The van der Waals surface area contributed by atoms with Crippen LogP contribution in [0.1, 0.15) is 13.3 Å². The normalized spacial score (nSPS) is 11.9. The fourth-order valence-corrected chi connectivity index (χ4v) is 1.41. The van der Waals surface area contributed by atoms with Gasteiger partial charge in [0.15, 0.2) is 0 Å². The van der Waals surface area contributed by atoms with E-state index in [0.717, 1.165) is 0 Å². The zero-order valence-corrected chi connectivity index (χ0v) is 10.5. The Bertz CT molecular complexity index is 371. The molecule has 1 rings (SSSR count). The van der Waals surface area contributed by atoms with Gasteiger partial charge in [-0.15, -0.1) is 0 Å². The van der Waals surface area contributed by atoms with Crippen LogP contribution in [-0.4, -0.2) is 25.1 Å². The molecule has 0 heterocycles. The molecule has 0 fully saturated rings. The van der Waals surface area contributed by atoms with Crippen LogP contribution in [0.4, 0.5) is 0 Å². The molecule has 0 spiro atoms. The number of ether oxygens (including phenoxy) is 1. The molecule has 5 heteroatoms. The summed E-state index contributed by atoms with van der Waals surface area (Å²) in [5.74, 6) is 0.517. The van der Waals surface area contributed by atoms with E-state index in [0.29, 0.717) is 23.9 Å². The number of benzene rings is 1. The lowest BCUT2D eigenvalue weighted by Crippen LogP contribution is -2.38. The van der Waals surface area contributed by atoms with Crippen LogP contribution in [0.25, 0.3) is 0 Å². The van der Waals surface area contributed by atoms with Crippen molar-refractivity contribution in [1.82, 2.24) is 5.32 Å². The molecule has 4 nitrogen and oxygen atoms in total. The smallest absolute Gasteiger partial charge is 0.223 e. The Morgan fingerprint density at radius 1 is 1.53 bits per heavy atom. The molecule has 1 amide bonds. The van der Waals surface area contributed by atoms with E-state index < -0.39 is 0 Å². The Morgan fingerprint density at radius 2 is 2.24 bits per heavy atom. The zero-order valence-electron chi connectivity index (χ0n) is 9.78. The summed E-state index contributed by atoms with van der Waals surface area (Å²) in [7, 11) is 0. The highest BCUT2D eigenvalue weighted by molar-refractivity contribution is 6.32. The molecule has 17 heavy (non-hydrogen) atoms.